The van der Waals surface area contributed by atoms with Gasteiger partial charge in [-0.05, 0) is 35.9 Å². The van der Waals surface area contributed by atoms with Crippen molar-refractivity contribution in [2.45, 2.75) is 18.6 Å². The Kier molecular flexibility index (Phi) is 5.95. The number of alkyl halides is 3. The Balaban J connectivity index is 1.53. The van der Waals surface area contributed by atoms with E-state index in [1.807, 2.05) is 24.3 Å². The van der Waals surface area contributed by atoms with Gasteiger partial charge in [0.15, 0.2) is 5.76 Å². The van der Waals surface area contributed by atoms with Crippen LogP contribution in [0.5, 0.6) is 0 Å². The molecule has 1 amide bonds. The molecule has 0 spiro atoms. The Hall–Kier alpha value is -4.01. The number of aromatic amines is 1. The van der Waals surface area contributed by atoms with Crippen molar-refractivity contribution in [3.63, 3.8) is 0 Å². The molecule has 9 heteroatoms. The van der Waals surface area contributed by atoms with E-state index in [-0.39, 0.29) is 23.5 Å². The van der Waals surface area contributed by atoms with Crippen molar-refractivity contribution in [3.05, 3.63) is 83.7 Å². The van der Waals surface area contributed by atoms with Gasteiger partial charge in [-0.25, -0.2) is 4.79 Å². The minimum Gasteiger partial charge on any atom is -0.467 e. The number of furan rings is 1. The van der Waals surface area contributed by atoms with Gasteiger partial charge < -0.3 is 19.5 Å². The molecule has 2 aromatic heterocycles. The first-order valence-electron chi connectivity index (χ1n) is 9.97. The fourth-order valence-corrected chi connectivity index (χ4v) is 3.55. The van der Waals surface area contributed by atoms with Crippen LogP contribution in [0.3, 0.4) is 0 Å². The summed E-state index contributed by atoms with van der Waals surface area (Å²) in [5.41, 5.74) is 1.05. The molecular weight excluding hydrogens is 437 g/mol. The maximum atomic E-state index is 13.0. The number of hydrogen-bond donors (Lipinski definition) is 2. The highest BCUT2D eigenvalue weighted by Crippen LogP contribution is 2.32. The molecule has 0 fully saturated rings. The molecule has 2 aromatic carbocycles. The summed E-state index contributed by atoms with van der Waals surface area (Å²) >= 11 is 0. The van der Waals surface area contributed by atoms with E-state index >= 15 is 0 Å². The van der Waals surface area contributed by atoms with Crippen LogP contribution in [-0.2, 0) is 22.1 Å². The second-order valence-corrected chi connectivity index (χ2v) is 7.36. The molecule has 2 N–H and O–H groups in total. The molecule has 1 atom stereocenters. The van der Waals surface area contributed by atoms with E-state index in [1.54, 1.807) is 6.20 Å². The summed E-state index contributed by atoms with van der Waals surface area (Å²) in [4.78, 5) is 28.2. The SMILES string of the molecule is COC(=O)[C@@H](Cc1c[nH]c2ccccc12)NC(=O)c1ccc(-c2cccc(C(F)(F)F)c2)o1. The summed E-state index contributed by atoms with van der Waals surface area (Å²) in [6, 6.07) is 13.9. The van der Waals surface area contributed by atoms with Crippen molar-refractivity contribution in [3.8, 4) is 11.3 Å². The minimum atomic E-state index is -4.50. The smallest absolute Gasteiger partial charge is 0.416 e. The zero-order chi connectivity index (χ0) is 23.6. The highest BCUT2D eigenvalue weighted by molar-refractivity contribution is 5.95. The first kappa shape index (κ1) is 22.2. The third kappa shape index (κ3) is 4.77. The number of carbonyl (C=O) groups is 2. The Labute approximate surface area is 186 Å². The average molecular weight is 456 g/mol. The van der Waals surface area contributed by atoms with Crippen LogP contribution in [0.15, 0.2) is 71.3 Å². The van der Waals surface area contributed by atoms with E-state index in [2.05, 4.69) is 10.3 Å². The summed E-state index contributed by atoms with van der Waals surface area (Å²) in [6.45, 7) is 0. The molecule has 4 aromatic rings. The molecule has 0 saturated carbocycles. The number of para-hydroxylation sites is 1. The van der Waals surface area contributed by atoms with Crippen LogP contribution in [-0.4, -0.2) is 30.0 Å². The Morgan fingerprint density at radius 3 is 2.64 bits per heavy atom. The van der Waals surface area contributed by atoms with Gasteiger partial charge in [-0.2, -0.15) is 13.2 Å². The van der Waals surface area contributed by atoms with Crippen LogP contribution in [0.25, 0.3) is 22.2 Å². The van der Waals surface area contributed by atoms with Crippen LogP contribution in [0.1, 0.15) is 21.7 Å². The van der Waals surface area contributed by atoms with Gasteiger partial charge in [-0.15, -0.1) is 0 Å². The second-order valence-electron chi connectivity index (χ2n) is 7.36. The van der Waals surface area contributed by atoms with Crippen LogP contribution in [0.2, 0.25) is 0 Å². The van der Waals surface area contributed by atoms with Gasteiger partial charge in [0.05, 0.1) is 12.7 Å². The lowest BCUT2D eigenvalue weighted by Crippen LogP contribution is -2.42. The number of nitrogens with one attached hydrogen (secondary N) is 2. The number of H-pyrrole nitrogens is 1. The molecule has 0 radical (unpaired) electrons. The summed E-state index contributed by atoms with van der Waals surface area (Å²) in [5, 5.41) is 3.49. The van der Waals surface area contributed by atoms with Gasteiger partial charge in [-0.1, -0.05) is 30.3 Å². The first-order valence-corrected chi connectivity index (χ1v) is 9.97. The second kappa shape index (κ2) is 8.85. The number of halogens is 3. The Morgan fingerprint density at radius 2 is 1.88 bits per heavy atom. The van der Waals surface area contributed by atoms with Crippen molar-refractivity contribution in [2.24, 2.45) is 0 Å². The van der Waals surface area contributed by atoms with Crippen LogP contribution >= 0.6 is 0 Å². The number of esters is 1. The van der Waals surface area contributed by atoms with Crippen molar-refractivity contribution in [2.75, 3.05) is 7.11 Å². The topological polar surface area (TPSA) is 84.3 Å². The predicted molar refractivity (Wildman–Crippen MR) is 114 cm³/mol. The number of aromatic nitrogens is 1. The van der Waals surface area contributed by atoms with Gasteiger partial charge in [0.2, 0.25) is 0 Å². The van der Waals surface area contributed by atoms with E-state index in [9.17, 15) is 22.8 Å². The lowest BCUT2D eigenvalue weighted by atomic mass is 10.0. The molecule has 0 bridgehead atoms. The average Bonchev–Trinajstić information content (AvgIpc) is 3.45. The molecule has 6 nitrogen and oxygen atoms in total. The van der Waals surface area contributed by atoms with Gasteiger partial charge >= 0.3 is 12.1 Å². The van der Waals surface area contributed by atoms with Crippen LogP contribution < -0.4 is 5.32 Å². The third-order valence-corrected chi connectivity index (χ3v) is 5.19. The molecule has 0 aliphatic carbocycles. The molecule has 2 heterocycles. The normalized spacial score (nSPS) is 12.5. The van der Waals surface area contributed by atoms with E-state index in [1.165, 1.54) is 31.4 Å². The molecule has 0 aliphatic heterocycles. The number of methoxy groups -OCH3 is 1. The number of rotatable bonds is 6. The van der Waals surface area contributed by atoms with E-state index in [0.717, 1.165) is 28.6 Å². The molecule has 170 valence electrons. The van der Waals surface area contributed by atoms with E-state index in [4.69, 9.17) is 9.15 Å². The highest BCUT2D eigenvalue weighted by atomic mass is 19.4. The molecule has 0 unspecified atom stereocenters. The predicted octanol–water partition coefficient (Wildman–Crippen LogP) is 4.96. The fourth-order valence-electron chi connectivity index (χ4n) is 3.55. The van der Waals surface area contributed by atoms with Gasteiger partial charge in [0.25, 0.3) is 5.91 Å². The monoisotopic (exact) mass is 456 g/mol. The molecule has 0 saturated heterocycles. The number of amides is 1. The number of hydrogen-bond acceptors (Lipinski definition) is 4. The third-order valence-electron chi connectivity index (χ3n) is 5.19. The van der Waals surface area contributed by atoms with Crippen LogP contribution in [0, 0.1) is 0 Å². The molecule has 33 heavy (non-hydrogen) atoms. The van der Waals surface area contributed by atoms with Gasteiger partial charge in [0.1, 0.15) is 11.8 Å². The van der Waals surface area contributed by atoms with Crippen molar-refractivity contribution < 1.29 is 31.9 Å². The van der Waals surface area contributed by atoms with Crippen molar-refractivity contribution in [1.29, 1.82) is 0 Å². The Bertz CT molecular complexity index is 1310. The molecule has 0 aliphatic rings. The summed E-state index contributed by atoms with van der Waals surface area (Å²) in [5.74, 6) is -1.38. The quantitative estimate of drug-likeness (QED) is 0.402. The summed E-state index contributed by atoms with van der Waals surface area (Å²) in [6.07, 6.45) is -2.58. The largest absolute Gasteiger partial charge is 0.467 e. The maximum absolute atomic E-state index is 13.0. The van der Waals surface area contributed by atoms with Gasteiger partial charge in [0, 0.05) is 29.1 Å². The maximum Gasteiger partial charge on any atom is 0.416 e. The zero-order valence-electron chi connectivity index (χ0n) is 17.4. The summed E-state index contributed by atoms with van der Waals surface area (Å²) in [7, 11) is 1.22. The fraction of sp³-hybridized carbons (Fsp3) is 0.167. The summed E-state index contributed by atoms with van der Waals surface area (Å²) < 4.78 is 49.3. The number of benzene rings is 2. The first-order chi connectivity index (χ1) is 15.8. The molecule has 4 rings (SSSR count). The minimum absolute atomic E-state index is 0.0949. The molecular formula is C24H19F3N2O4. The lowest BCUT2D eigenvalue weighted by Gasteiger charge is -2.15. The number of ether oxygens (including phenoxy) is 1. The van der Waals surface area contributed by atoms with Crippen molar-refractivity contribution in [1.82, 2.24) is 10.3 Å². The number of carbonyl (C=O) groups excluding carboxylic acids is 2. The zero-order valence-corrected chi connectivity index (χ0v) is 17.4. The van der Waals surface area contributed by atoms with Gasteiger partial charge in [-0.3, -0.25) is 4.79 Å². The highest BCUT2D eigenvalue weighted by Gasteiger charge is 2.31. The standard InChI is InChI=1S/C24H19F3N2O4/c1-32-23(31)19(12-15-13-28-18-8-3-2-7-17(15)18)29-22(30)21-10-9-20(33-21)14-5-4-6-16(11-14)24(25,26)27/h2-11,13,19,28H,12H2,1H3,(H,29,30)/t19-/m1/s1. The van der Waals surface area contributed by atoms with E-state index < -0.39 is 29.7 Å². The van der Waals surface area contributed by atoms with Crippen LogP contribution in [0.4, 0.5) is 13.2 Å². The number of fused-ring (bicyclic) bond motifs is 1. The lowest BCUT2D eigenvalue weighted by molar-refractivity contribution is -0.142. The van der Waals surface area contributed by atoms with Crippen molar-refractivity contribution >= 4 is 22.8 Å². The Morgan fingerprint density at radius 1 is 1.09 bits per heavy atom. The van der Waals surface area contributed by atoms with E-state index in [0.29, 0.717) is 0 Å².